The SMILES string of the molecule is Cc1ccc(C)n1NC(=O)C(O)(c1ccccc1)c1ccccc1. The van der Waals surface area contributed by atoms with Crippen molar-refractivity contribution in [3.63, 3.8) is 0 Å². The van der Waals surface area contributed by atoms with Gasteiger partial charge in [0.15, 0.2) is 5.60 Å². The van der Waals surface area contributed by atoms with Gasteiger partial charge in [-0.05, 0) is 37.1 Å². The third kappa shape index (κ3) is 2.72. The van der Waals surface area contributed by atoms with Crippen molar-refractivity contribution >= 4 is 5.91 Å². The highest BCUT2D eigenvalue weighted by Gasteiger charge is 2.40. The van der Waals surface area contributed by atoms with Crippen molar-refractivity contribution in [2.24, 2.45) is 0 Å². The fourth-order valence-corrected chi connectivity index (χ4v) is 2.81. The van der Waals surface area contributed by atoms with Crippen LogP contribution in [0, 0.1) is 13.8 Å². The van der Waals surface area contributed by atoms with Crippen molar-refractivity contribution in [2.75, 3.05) is 5.43 Å². The first-order chi connectivity index (χ1) is 11.5. The monoisotopic (exact) mass is 320 g/mol. The number of nitrogens with zero attached hydrogens (tertiary/aromatic N) is 1. The van der Waals surface area contributed by atoms with Gasteiger partial charge in [0.25, 0.3) is 5.91 Å². The molecule has 24 heavy (non-hydrogen) atoms. The molecule has 0 atom stereocenters. The van der Waals surface area contributed by atoms with Crippen LogP contribution in [0.5, 0.6) is 0 Å². The predicted molar refractivity (Wildman–Crippen MR) is 94.2 cm³/mol. The molecule has 1 aromatic heterocycles. The fraction of sp³-hybridized carbons (Fsp3) is 0.150. The number of carbonyl (C=O) groups excluding carboxylic acids is 1. The quantitative estimate of drug-likeness (QED) is 0.776. The number of aryl methyl sites for hydroxylation is 2. The number of amides is 1. The number of hydrogen-bond acceptors (Lipinski definition) is 2. The van der Waals surface area contributed by atoms with Gasteiger partial charge in [-0.25, -0.2) is 0 Å². The molecular formula is C20H20N2O2. The first-order valence-corrected chi connectivity index (χ1v) is 7.83. The highest BCUT2D eigenvalue weighted by molar-refractivity contribution is 5.95. The minimum atomic E-state index is -1.77. The highest BCUT2D eigenvalue weighted by Crippen LogP contribution is 2.30. The molecule has 0 unspecified atom stereocenters. The van der Waals surface area contributed by atoms with Gasteiger partial charge in [0.2, 0.25) is 0 Å². The molecule has 0 radical (unpaired) electrons. The van der Waals surface area contributed by atoms with E-state index in [0.29, 0.717) is 11.1 Å². The zero-order chi connectivity index (χ0) is 17.2. The Labute approximate surface area is 141 Å². The summed E-state index contributed by atoms with van der Waals surface area (Å²) in [7, 11) is 0. The van der Waals surface area contributed by atoms with Gasteiger partial charge >= 0.3 is 0 Å². The number of benzene rings is 2. The van der Waals surface area contributed by atoms with Crippen LogP contribution in [-0.4, -0.2) is 15.7 Å². The van der Waals surface area contributed by atoms with Gasteiger partial charge in [-0.3, -0.25) is 14.9 Å². The molecule has 0 saturated carbocycles. The van der Waals surface area contributed by atoms with Crippen LogP contribution >= 0.6 is 0 Å². The zero-order valence-electron chi connectivity index (χ0n) is 13.7. The summed E-state index contributed by atoms with van der Waals surface area (Å²) in [5.74, 6) is -0.498. The summed E-state index contributed by atoms with van der Waals surface area (Å²) >= 11 is 0. The third-order valence-corrected chi connectivity index (χ3v) is 4.20. The van der Waals surface area contributed by atoms with E-state index in [1.165, 1.54) is 0 Å². The van der Waals surface area contributed by atoms with Crippen molar-refractivity contribution in [3.05, 3.63) is 95.3 Å². The molecule has 4 nitrogen and oxygen atoms in total. The molecule has 4 heteroatoms. The average Bonchev–Trinajstić information content (AvgIpc) is 2.94. The van der Waals surface area contributed by atoms with Gasteiger partial charge in [0.05, 0.1) is 0 Å². The van der Waals surface area contributed by atoms with Gasteiger partial charge < -0.3 is 5.11 Å². The van der Waals surface area contributed by atoms with Gasteiger partial charge in [-0.1, -0.05) is 60.7 Å². The van der Waals surface area contributed by atoms with Crippen LogP contribution in [0.2, 0.25) is 0 Å². The van der Waals surface area contributed by atoms with Crippen molar-refractivity contribution in [2.45, 2.75) is 19.4 Å². The van der Waals surface area contributed by atoms with E-state index in [-0.39, 0.29) is 0 Å². The standard InChI is InChI=1S/C20H20N2O2/c1-15-13-14-16(2)22(15)21-19(23)20(24,17-9-5-3-6-10-17)18-11-7-4-8-12-18/h3-14,24H,1-2H3,(H,21,23). The van der Waals surface area contributed by atoms with E-state index >= 15 is 0 Å². The Morgan fingerprint density at radius 2 is 1.25 bits per heavy atom. The van der Waals surface area contributed by atoms with Gasteiger partial charge in [-0.2, -0.15) is 0 Å². The van der Waals surface area contributed by atoms with Gasteiger partial charge in [0.1, 0.15) is 0 Å². The summed E-state index contributed by atoms with van der Waals surface area (Å²) < 4.78 is 1.68. The molecule has 2 N–H and O–H groups in total. The molecule has 1 heterocycles. The van der Waals surface area contributed by atoms with Crippen LogP contribution in [0.4, 0.5) is 0 Å². The van der Waals surface area contributed by atoms with Crippen molar-refractivity contribution in [1.29, 1.82) is 0 Å². The van der Waals surface area contributed by atoms with Crippen molar-refractivity contribution in [1.82, 2.24) is 4.68 Å². The normalized spacial score (nSPS) is 11.3. The molecule has 122 valence electrons. The summed E-state index contributed by atoms with van der Waals surface area (Å²) in [6.07, 6.45) is 0. The molecule has 3 aromatic rings. The van der Waals surface area contributed by atoms with Gasteiger partial charge in [-0.15, -0.1) is 0 Å². The Morgan fingerprint density at radius 1 is 0.833 bits per heavy atom. The van der Waals surface area contributed by atoms with E-state index in [4.69, 9.17) is 0 Å². The number of aliphatic hydroxyl groups is 1. The second-order valence-electron chi connectivity index (χ2n) is 5.83. The zero-order valence-corrected chi connectivity index (χ0v) is 13.7. The molecule has 0 spiro atoms. The Hall–Kier alpha value is -2.85. The Balaban J connectivity index is 2.07. The van der Waals surface area contributed by atoms with E-state index in [0.717, 1.165) is 11.4 Å². The second kappa shape index (κ2) is 6.34. The summed E-state index contributed by atoms with van der Waals surface area (Å²) in [4.78, 5) is 13.1. The first-order valence-electron chi connectivity index (χ1n) is 7.83. The average molecular weight is 320 g/mol. The number of hydrogen-bond donors (Lipinski definition) is 2. The molecular weight excluding hydrogens is 300 g/mol. The lowest BCUT2D eigenvalue weighted by Crippen LogP contribution is -2.44. The molecule has 3 rings (SSSR count). The Morgan fingerprint density at radius 3 is 1.67 bits per heavy atom. The number of rotatable bonds is 4. The molecule has 0 aliphatic carbocycles. The molecule has 0 aliphatic heterocycles. The number of nitrogens with one attached hydrogen (secondary N) is 1. The highest BCUT2D eigenvalue weighted by atomic mass is 16.3. The van der Waals surface area contributed by atoms with Crippen LogP contribution in [0.15, 0.2) is 72.8 Å². The Kier molecular flexibility index (Phi) is 4.23. The van der Waals surface area contributed by atoms with Crippen LogP contribution in [0.3, 0.4) is 0 Å². The van der Waals surface area contributed by atoms with Crippen LogP contribution in [0.25, 0.3) is 0 Å². The minimum absolute atomic E-state index is 0.498. The number of carbonyl (C=O) groups is 1. The maximum Gasteiger partial charge on any atom is 0.280 e. The Bertz CT molecular complexity index is 780. The lowest BCUT2D eigenvalue weighted by Gasteiger charge is -2.28. The smallest absolute Gasteiger partial charge is 0.280 e. The summed E-state index contributed by atoms with van der Waals surface area (Å²) in [6.45, 7) is 3.80. The summed E-state index contributed by atoms with van der Waals surface area (Å²) in [5, 5.41) is 11.4. The summed E-state index contributed by atoms with van der Waals surface area (Å²) in [6, 6.07) is 21.8. The topological polar surface area (TPSA) is 54.3 Å². The molecule has 2 aromatic carbocycles. The largest absolute Gasteiger partial charge is 0.372 e. The molecule has 0 aliphatic rings. The van der Waals surface area contributed by atoms with E-state index in [1.54, 1.807) is 28.9 Å². The van der Waals surface area contributed by atoms with Crippen LogP contribution < -0.4 is 5.43 Å². The maximum atomic E-state index is 13.1. The maximum absolute atomic E-state index is 13.1. The van der Waals surface area contributed by atoms with E-state index < -0.39 is 11.5 Å². The molecule has 0 fully saturated rings. The predicted octanol–water partition coefficient (Wildman–Crippen LogP) is 3.11. The third-order valence-electron chi connectivity index (χ3n) is 4.20. The number of aromatic nitrogens is 1. The van der Waals surface area contributed by atoms with E-state index in [1.807, 2.05) is 62.4 Å². The van der Waals surface area contributed by atoms with Crippen molar-refractivity contribution < 1.29 is 9.90 Å². The van der Waals surface area contributed by atoms with Crippen LogP contribution in [0.1, 0.15) is 22.5 Å². The first kappa shape index (κ1) is 16.0. The lowest BCUT2D eigenvalue weighted by atomic mass is 9.85. The molecule has 0 bridgehead atoms. The lowest BCUT2D eigenvalue weighted by molar-refractivity contribution is -0.132. The molecule has 1 amide bonds. The van der Waals surface area contributed by atoms with E-state index in [2.05, 4.69) is 5.43 Å². The second-order valence-corrected chi connectivity index (χ2v) is 5.83. The minimum Gasteiger partial charge on any atom is -0.372 e. The van der Waals surface area contributed by atoms with Crippen molar-refractivity contribution in [3.8, 4) is 0 Å². The van der Waals surface area contributed by atoms with Crippen LogP contribution in [-0.2, 0) is 10.4 Å². The van der Waals surface area contributed by atoms with E-state index in [9.17, 15) is 9.90 Å². The fourth-order valence-electron chi connectivity index (χ4n) is 2.81. The molecule has 0 saturated heterocycles. The summed E-state index contributed by atoms with van der Waals surface area (Å²) in [5.41, 5.74) is 3.89. The van der Waals surface area contributed by atoms with Gasteiger partial charge in [0, 0.05) is 11.4 Å².